The number of aryl methyl sites for hydroxylation is 1. The van der Waals surface area contributed by atoms with Crippen LogP contribution in [0.1, 0.15) is 23.2 Å². The van der Waals surface area contributed by atoms with Crippen LogP contribution >= 0.6 is 0 Å². The molecule has 23 heavy (non-hydrogen) atoms. The van der Waals surface area contributed by atoms with E-state index in [9.17, 15) is 0 Å². The number of nitrogens with zero attached hydrogens (tertiary/aromatic N) is 3. The molecular weight excluding hydrogens is 288 g/mol. The molecule has 2 aliphatic heterocycles. The molecule has 1 N–H and O–H groups in total. The maximum absolute atomic E-state index is 5.37. The van der Waals surface area contributed by atoms with Gasteiger partial charge in [-0.2, -0.15) is 9.97 Å². The number of hydrogen-bond acceptors (Lipinski definition) is 5. The molecule has 5 nitrogen and oxygen atoms in total. The molecule has 3 heterocycles. The highest BCUT2D eigenvalue weighted by atomic mass is 16.5. The van der Waals surface area contributed by atoms with Gasteiger partial charge in [-0.15, -0.1) is 0 Å². The summed E-state index contributed by atoms with van der Waals surface area (Å²) in [5.74, 6) is 1.03. The summed E-state index contributed by atoms with van der Waals surface area (Å²) in [6, 6.07) is 9.12. The van der Waals surface area contributed by atoms with Gasteiger partial charge in [0.05, 0.1) is 12.8 Å². The molecule has 2 aliphatic rings. The van der Waals surface area contributed by atoms with Crippen LogP contribution in [0.3, 0.4) is 0 Å². The van der Waals surface area contributed by atoms with Crippen LogP contribution in [0.4, 0.5) is 11.5 Å². The van der Waals surface area contributed by atoms with E-state index in [0.29, 0.717) is 6.01 Å². The van der Waals surface area contributed by atoms with Crippen molar-refractivity contribution in [2.45, 2.75) is 25.7 Å². The molecule has 0 saturated heterocycles. The van der Waals surface area contributed by atoms with Crippen molar-refractivity contribution in [3.05, 3.63) is 41.1 Å². The summed E-state index contributed by atoms with van der Waals surface area (Å²) in [5, 5.41) is 3.45. The molecule has 2 aromatic rings. The number of aromatic nitrogens is 2. The van der Waals surface area contributed by atoms with Crippen molar-refractivity contribution in [3.63, 3.8) is 0 Å². The predicted molar refractivity (Wildman–Crippen MR) is 90.6 cm³/mol. The first-order valence-electron chi connectivity index (χ1n) is 8.37. The Morgan fingerprint density at radius 3 is 2.87 bits per heavy atom. The van der Waals surface area contributed by atoms with Crippen molar-refractivity contribution in [1.82, 2.24) is 15.3 Å². The summed E-state index contributed by atoms with van der Waals surface area (Å²) < 4.78 is 5.37. The van der Waals surface area contributed by atoms with Crippen LogP contribution in [0, 0.1) is 0 Å². The van der Waals surface area contributed by atoms with Gasteiger partial charge in [-0.1, -0.05) is 18.2 Å². The molecule has 0 unspecified atom stereocenters. The van der Waals surface area contributed by atoms with Crippen molar-refractivity contribution < 1.29 is 4.74 Å². The number of nitrogens with one attached hydrogen (secondary N) is 1. The molecule has 0 amide bonds. The van der Waals surface area contributed by atoms with Crippen molar-refractivity contribution in [2.75, 3.05) is 31.6 Å². The van der Waals surface area contributed by atoms with Crippen LogP contribution in [0.15, 0.2) is 24.3 Å². The minimum Gasteiger partial charge on any atom is -0.467 e. The van der Waals surface area contributed by atoms with Crippen LogP contribution in [0.5, 0.6) is 6.01 Å². The molecule has 0 saturated carbocycles. The second kappa shape index (κ2) is 6.16. The average Bonchev–Trinajstić information content (AvgIpc) is 2.85. The van der Waals surface area contributed by atoms with Gasteiger partial charge in [0.2, 0.25) is 0 Å². The van der Waals surface area contributed by atoms with E-state index in [1.54, 1.807) is 7.11 Å². The SMILES string of the molecule is COc1nc2c(c(N3CCCc4ccccc43)n1)CCNCC2. The molecule has 0 radical (unpaired) electrons. The van der Waals surface area contributed by atoms with Crippen molar-refractivity contribution >= 4 is 11.5 Å². The molecule has 5 heteroatoms. The summed E-state index contributed by atoms with van der Waals surface area (Å²) in [7, 11) is 1.64. The van der Waals surface area contributed by atoms with E-state index >= 15 is 0 Å². The van der Waals surface area contributed by atoms with E-state index in [-0.39, 0.29) is 0 Å². The number of ether oxygens (including phenoxy) is 1. The van der Waals surface area contributed by atoms with Gasteiger partial charge in [0, 0.05) is 30.8 Å². The molecule has 0 atom stereocenters. The zero-order valence-corrected chi connectivity index (χ0v) is 13.5. The van der Waals surface area contributed by atoms with Gasteiger partial charge in [-0.05, 0) is 37.4 Å². The number of benzene rings is 1. The van der Waals surface area contributed by atoms with Crippen LogP contribution < -0.4 is 15.0 Å². The van der Waals surface area contributed by atoms with Crippen LogP contribution in [-0.4, -0.2) is 36.7 Å². The highest BCUT2D eigenvalue weighted by Gasteiger charge is 2.25. The molecule has 120 valence electrons. The lowest BCUT2D eigenvalue weighted by atomic mass is 10.0. The highest BCUT2D eigenvalue weighted by Crippen LogP contribution is 2.36. The number of hydrogen-bond donors (Lipinski definition) is 1. The Bertz CT molecular complexity index is 716. The molecule has 0 spiro atoms. The lowest BCUT2D eigenvalue weighted by molar-refractivity contribution is 0.377. The van der Waals surface area contributed by atoms with Gasteiger partial charge < -0.3 is 15.0 Å². The van der Waals surface area contributed by atoms with Crippen molar-refractivity contribution in [2.24, 2.45) is 0 Å². The van der Waals surface area contributed by atoms with Crippen molar-refractivity contribution in [3.8, 4) is 6.01 Å². The quantitative estimate of drug-likeness (QED) is 0.922. The van der Waals surface area contributed by atoms with Gasteiger partial charge in [-0.3, -0.25) is 0 Å². The van der Waals surface area contributed by atoms with Crippen LogP contribution in [0.2, 0.25) is 0 Å². The number of methoxy groups -OCH3 is 1. The molecule has 1 aromatic heterocycles. The Morgan fingerprint density at radius 2 is 1.96 bits per heavy atom. The zero-order valence-electron chi connectivity index (χ0n) is 13.5. The van der Waals surface area contributed by atoms with Crippen LogP contribution in [-0.2, 0) is 19.3 Å². The lowest BCUT2D eigenvalue weighted by Crippen LogP contribution is -2.27. The first kappa shape index (κ1) is 14.5. The van der Waals surface area contributed by atoms with Gasteiger partial charge in [0.1, 0.15) is 5.82 Å². The fourth-order valence-corrected chi connectivity index (χ4v) is 3.57. The third kappa shape index (κ3) is 2.65. The zero-order chi connectivity index (χ0) is 15.6. The Labute approximate surface area is 136 Å². The summed E-state index contributed by atoms with van der Waals surface area (Å²) in [4.78, 5) is 11.7. The number of anilines is 2. The Balaban J connectivity index is 1.85. The number of para-hydroxylation sites is 1. The Kier molecular flexibility index (Phi) is 3.87. The van der Waals surface area contributed by atoms with Gasteiger partial charge in [0.25, 0.3) is 0 Å². The standard InChI is InChI=1S/C18H22N4O/c1-23-18-20-15-9-11-19-10-8-14(15)17(21-18)22-12-4-6-13-5-2-3-7-16(13)22/h2-3,5,7,19H,4,6,8-12H2,1H3. The molecule has 1 aromatic carbocycles. The lowest BCUT2D eigenvalue weighted by Gasteiger charge is -2.32. The second-order valence-corrected chi connectivity index (χ2v) is 6.09. The van der Waals surface area contributed by atoms with E-state index in [1.165, 1.54) is 16.8 Å². The van der Waals surface area contributed by atoms with E-state index in [4.69, 9.17) is 9.72 Å². The smallest absolute Gasteiger partial charge is 0.318 e. The fraction of sp³-hybridized carbons (Fsp3) is 0.444. The maximum atomic E-state index is 5.37. The highest BCUT2D eigenvalue weighted by molar-refractivity contribution is 5.68. The fourth-order valence-electron chi connectivity index (χ4n) is 3.57. The minimum atomic E-state index is 0.476. The molecular formula is C18H22N4O. The van der Waals surface area contributed by atoms with E-state index in [0.717, 1.165) is 56.8 Å². The Morgan fingerprint density at radius 1 is 1.09 bits per heavy atom. The molecule has 0 bridgehead atoms. The Hall–Kier alpha value is -2.14. The number of rotatable bonds is 2. The second-order valence-electron chi connectivity index (χ2n) is 6.09. The monoisotopic (exact) mass is 310 g/mol. The van der Waals surface area contributed by atoms with Crippen molar-refractivity contribution in [1.29, 1.82) is 0 Å². The average molecular weight is 310 g/mol. The van der Waals surface area contributed by atoms with E-state index in [2.05, 4.69) is 39.5 Å². The largest absolute Gasteiger partial charge is 0.467 e. The normalized spacial score (nSPS) is 17.2. The summed E-state index contributed by atoms with van der Waals surface area (Å²) in [5.41, 5.74) is 5.07. The number of fused-ring (bicyclic) bond motifs is 2. The van der Waals surface area contributed by atoms with Gasteiger partial charge in [0.15, 0.2) is 0 Å². The molecule has 0 aliphatic carbocycles. The molecule has 0 fully saturated rings. The minimum absolute atomic E-state index is 0.476. The summed E-state index contributed by atoms with van der Waals surface area (Å²) in [6.45, 7) is 2.94. The first-order chi connectivity index (χ1) is 11.4. The first-order valence-corrected chi connectivity index (χ1v) is 8.37. The van der Waals surface area contributed by atoms with E-state index in [1.807, 2.05) is 0 Å². The maximum Gasteiger partial charge on any atom is 0.318 e. The predicted octanol–water partition coefficient (Wildman–Crippen LogP) is 2.26. The third-order valence-electron chi connectivity index (χ3n) is 4.69. The van der Waals surface area contributed by atoms with Gasteiger partial charge in [-0.25, -0.2) is 0 Å². The summed E-state index contributed by atoms with van der Waals surface area (Å²) >= 11 is 0. The van der Waals surface area contributed by atoms with Gasteiger partial charge >= 0.3 is 6.01 Å². The summed E-state index contributed by atoms with van der Waals surface area (Å²) in [6.07, 6.45) is 4.18. The third-order valence-corrected chi connectivity index (χ3v) is 4.69. The topological polar surface area (TPSA) is 50.3 Å². The van der Waals surface area contributed by atoms with Crippen LogP contribution in [0.25, 0.3) is 0 Å². The van der Waals surface area contributed by atoms with E-state index < -0.39 is 0 Å². The molecule has 4 rings (SSSR count).